The second kappa shape index (κ2) is 7.38. The minimum absolute atomic E-state index is 0.0365. The van der Waals surface area contributed by atoms with Crippen LogP contribution in [0.25, 0.3) is 0 Å². The molecular weight excluding hydrogens is 356 g/mol. The Hall–Kier alpha value is -0.920. The van der Waals surface area contributed by atoms with Gasteiger partial charge in [0.25, 0.3) is 5.91 Å². The van der Waals surface area contributed by atoms with Crippen molar-refractivity contribution in [2.75, 3.05) is 0 Å². The summed E-state index contributed by atoms with van der Waals surface area (Å²) >= 11 is 3.27. The number of carbonyl (C=O) groups excluding carboxylic acids is 1. The zero-order valence-corrected chi connectivity index (χ0v) is 14.8. The third-order valence-electron chi connectivity index (χ3n) is 3.33. The second-order valence-corrected chi connectivity index (χ2v) is 7.38. The number of sulfonamides is 1. The maximum Gasteiger partial charge on any atom is 0.251 e. The predicted molar refractivity (Wildman–Crippen MR) is 86.7 cm³/mol. The SMILES string of the molecule is CCCC(CC)NC(=O)c1cc(Br)c(C)c(S(N)(=O)=O)c1. The fraction of sp³-hybridized carbons (Fsp3) is 0.500. The van der Waals surface area contributed by atoms with Crippen LogP contribution in [-0.4, -0.2) is 20.4 Å². The highest BCUT2D eigenvalue weighted by molar-refractivity contribution is 9.10. The van der Waals surface area contributed by atoms with Crippen molar-refractivity contribution in [2.45, 2.75) is 51.0 Å². The van der Waals surface area contributed by atoms with E-state index in [0.29, 0.717) is 10.0 Å². The molecule has 5 nitrogen and oxygen atoms in total. The van der Waals surface area contributed by atoms with Crippen LogP contribution in [0.3, 0.4) is 0 Å². The second-order valence-electron chi connectivity index (χ2n) is 4.99. The Bertz CT molecular complexity index is 629. The van der Waals surface area contributed by atoms with Crippen LogP contribution in [0.1, 0.15) is 49.0 Å². The molecule has 1 unspecified atom stereocenters. The van der Waals surface area contributed by atoms with Crippen molar-refractivity contribution in [1.29, 1.82) is 0 Å². The van der Waals surface area contributed by atoms with Gasteiger partial charge in [0, 0.05) is 16.1 Å². The molecule has 0 saturated heterocycles. The molecule has 0 saturated carbocycles. The summed E-state index contributed by atoms with van der Waals surface area (Å²) < 4.78 is 23.7. The summed E-state index contributed by atoms with van der Waals surface area (Å²) in [6.07, 6.45) is 2.69. The van der Waals surface area contributed by atoms with E-state index in [0.717, 1.165) is 19.3 Å². The molecule has 118 valence electrons. The summed E-state index contributed by atoms with van der Waals surface area (Å²) in [4.78, 5) is 12.2. The third-order valence-corrected chi connectivity index (χ3v) is 5.19. The maximum atomic E-state index is 12.3. The molecule has 0 aliphatic rings. The highest BCUT2D eigenvalue weighted by Gasteiger charge is 2.19. The van der Waals surface area contributed by atoms with Gasteiger partial charge in [0.05, 0.1) is 4.90 Å². The molecule has 1 aromatic carbocycles. The van der Waals surface area contributed by atoms with E-state index in [1.807, 2.05) is 6.92 Å². The Morgan fingerprint density at radius 1 is 1.38 bits per heavy atom. The van der Waals surface area contributed by atoms with Crippen LogP contribution in [0.5, 0.6) is 0 Å². The molecule has 1 rings (SSSR count). The Labute approximate surface area is 134 Å². The van der Waals surface area contributed by atoms with Gasteiger partial charge in [-0.3, -0.25) is 4.79 Å². The Balaban J connectivity index is 3.14. The number of rotatable bonds is 6. The van der Waals surface area contributed by atoms with Crippen molar-refractivity contribution in [3.8, 4) is 0 Å². The van der Waals surface area contributed by atoms with Gasteiger partial charge in [-0.1, -0.05) is 36.2 Å². The molecule has 1 atom stereocenters. The fourth-order valence-electron chi connectivity index (χ4n) is 2.08. The van der Waals surface area contributed by atoms with Crippen LogP contribution in [0, 0.1) is 6.92 Å². The average Bonchev–Trinajstić information content (AvgIpc) is 2.39. The van der Waals surface area contributed by atoms with Crippen LogP contribution < -0.4 is 10.5 Å². The summed E-state index contributed by atoms with van der Waals surface area (Å²) in [5.41, 5.74) is 0.778. The van der Waals surface area contributed by atoms with Crippen LogP contribution in [0.2, 0.25) is 0 Å². The topological polar surface area (TPSA) is 89.3 Å². The summed E-state index contributed by atoms with van der Waals surface area (Å²) in [7, 11) is -3.87. The zero-order chi connectivity index (χ0) is 16.2. The molecule has 0 radical (unpaired) electrons. The monoisotopic (exact) mass is 376 g/mol. The van der Waals surface area contributed by atoms with Crippen molar-refractivity contribution >= 4 is 31.9 Å². The molecule has 0 bridgehead atoms. The van der Waals surface area contributed by atoms with Gasteiger partial charge < -0.3 is 5.32 Å². The number of nitrogens with one attached hydrogen (secondary N) is 1. The molecule has 0 heterocycles. The molecule has 0 aliphatic carbocycles. The third kappa shape index (κ3) is 4.79. The van der Waals surface area contributed by atoms with Crippen molar-refractivity contribution in [3.63, 3.8) is 0 Å². The number of nitrogens with two attached hydrogens (primary N) is 1. The Morgan fingerprint density at radius 2 is 2.00 bits per heavy atom. The predicted octanol–water partition coefficient (Wildman–Crippen LogP) is 2.71. The van der Waals surface area contributed by atoms with Crippen LogP contribution in [0.4, 0.5) is 0 Å². The molecule has 0 aliphatic heterocycles. The van der Waals surface area contributed by atoms with E-state index in [4.69, 9.17) is 5.14 Å². The first-order chi connectivity index (χ1) is 9.70. The Morgan fingerprint density at radius 3 is 2.48 bits per heavy atom. The number of primary sulfonamides is 1. The summed E-state index contributed by atoms with van der Waals surface area (Å²) in [6, 6.07) is 3.02. The van der Waals surface area contributed by atoms with Gasteiger partial charge >= 0.3 is 0 Å². The van der Waals surface area contributed by atoms with E-state index in [2.05, 4.69) is 28.2 Å². The lowest BCUT2D eigenvalue weighted by Gasteiger charge is -2.17. The molecule has 1 aromatic rings. The number of hydrogen-bond donors (Lipinski definition) is 2. The molecule has 0 fully saturated rings. The van der Waals surface area contributed by atoms with Crippen molar-refractivity contribution in [2.24, 2.45) is 5.14 Å². The largest absolute Gasteiger partial charge is 0.349 e. The first kappa shape index (κ1) is 18.1. The first-order valence-electron chi connectivity index (χ1n) is 6.84. The quantitative estimate of drug-likeness (QED) is 0.799. The lowest BCUT2D eigenvalue weighted by molar-refractivity contribution is 0.0933. The van der Waals surface area contributed by atoms with Crippen molar-refractivity contribution < 1.29 is 13.2 Å². The Kier molecular flexibility index (Phi) is 6.37. The molecule has 1 amide bonds. The van der Waals surface area contributed by atoms with Crippen molar-refractivity contribution in [3.05, 3.63) is 27.7 Å². The highest BCUT2D eigenvalue weighted by atomic mass is 79.9. The van der Waals surface area contributed by atoms with Gasteiger partial charge in [-0.2, -0.15) is 0 Å². The average molecular weight is 377 g/mol. The highest BCUT2D eigenvalue weighted by Crippen LogP contribution is 2.25. The van der Waals surface area contributed by atoms with Gasteiger partial charge in [-0.25, -0.2) is 13.6 Å². The fourth-order valence-corrected chi connectivity index (χ4v) is 3.50. The number of benzene rings is 1. The maximum absolute atomic E-state index is 12.3. The van der Waals surface area contributed by atoms with E-state index in [-0.39, 0.29) is 22.4 Å². The van der Waals surface area contributed by atoms with Crippen LogP contribution in [-0.2, 0) is 10.0 Å². The molecule has 21 heavy (non-hydrogen) atoms. The lowest BCUT2D eigenvalue weighted by atomic mass is 10.1. The molecular formula is C14H21BrN2O3S. The number of hydrogen-bond acceptors (Lipinski definition) is 3. The molecule has 0 aromatic heterocycles. The van der Waals surface area contributed by atoms with E-state index in [1.54, 1.807) is 13.0 Å². The van der Waals surface area contributed by atoms with Crippen LogP contribution >= 0.6 is 15.9 Å². The smallest absolute Gasteiger partial charge is 0.251 e. The number of halogens is 1. The van der Waals surface area contributed by atoms with Gasteiger partial charge in [0.1, 0.15) is 0 Å². The van der Waals surface area contributed by atoms with Gasteiger partial charge in [-0.15, -0.1) is 0 Å². The standard InChI is InChI=1S/C14H21BrN2O3S/c1-4-6-11(5-2)17-14(18)10-7-12(15)9(3)13(8-10)21(16,19)20/h7-8,11H,4-6H2,1-3H3,(H,17,18)(H2,16,19,20). The minimum Gasteiger partial charge on any atom is -0.349 e. The van der Waals surface area contributed by atoms with E-state index in [9.17, 15) is 13.2 Å². The van der Waals surface area contributed by atoms with E-state index in [1.165, 1.54) is 6.07 Å². The summed E-state index contributed by atoms with van der Waals surface area (Å²) in [6.45, 7) is 5.69. The van der Waals surface area contributed by atoms with Gasteiger partial charge in [-0.05, 0) is 37.5 Å². The number of amides is 1. The summed E-state index contributed by atoms with van der Waals surface area (Å²) in [5.74, 6) is -0.291. The minimum atomic E-state index is -3.87. The van der Waals surface area contributed by atoms with Gasteiger partial charge in [0.2, 0.25) is 10.0 Å². The zero-order valence-electron chi connectivity index (χ0n) is 12.4. The molecule has 3 N–H and O–H groups in total. The van der Waals surface area contributed by atoms with E-state index < -0.39 is 10.0 Å². The van der Waals surface area contributed by atoms with Gasteiger partial charge in [0.15, 0.2) is 0 Å². The lowest BCUT2D eigenvalue weighted by Crippen LogP contribution is -2.34. The summed E-state index contributed by atoms with van der Waals surface area (Å²) in [5, 5.41) is 8.10. The molecule has 7 heteroatoms. The number of carbonyl (C=O) groups is 1. The molecule has 0 spiro atoms. The normalized spacial score (nSPS) is 13.0. The van der Waals surface area contributed by atoms with Crippen molar-refractivity contribution in [1.82, 2.24) is 5.32 Å². The first-order valence-corrected chi connectivity index (χ1v) is 9.18. The van der Waals surface area contributed by atoms with E-state index >= 15 is 0 Å². The van der Waals surface area contributed by atoms with Crippen LogP contribution in [0.15, 0.2) is 21.5 Å².